The fraction of sp³-hybridized carbons (Fsp3) is 0.896. The van der Waals surface area contributed by atoms with Crippen LogP contribution in [0.1, 0.15) is 361 Å². The number of hydrogen-bond acceptors (Lipinski definition) is 4. The van der Waals surface area contributed by atoms with Crippen LogP contribution >= 0.6 is 0 Å². The van der Waals surface area contributed by atoms with E-state index in [1.807, 2.05) is 6.08 Å². The quantitative estimate of drug-likeness (QED) is 0.0361. The predicted molar refractivity (Wildman–Crippen MR) is 319 cm³/mol. The molecule has 5 nitrogen and oxygen atoms in total. The Morgan fingerprint density at radius 2 is 0.597 bits per heavy atom. The van der Waals surface area contributed by atoms with E-state index in [1.165, 1.54) is 302 Å². The van der Waals surface area contributed by atoms with Gasteiger partial charge >= 0.3 is 0 Å². The van der Waals surface area contributed by atoms with Crippen molar-refractivity contribution in [3.8, 4) is 0 Å². The van der Waals surface area contributed by atoms with Crippen molar-refractivity contribution in [2.75, 3.05) is 6.61 Å². The lowest BCUT2D eigenvalue weighted by Gasteiger charge is -2.21. The van der Waals surface area contributed by atoms with Crippen molar-refractivity contribution < 1.29 is 20.1 Å². The molecule has 0 aliphatic rings. The fourth-order valence-electron chi connectivity index (χ4n) is 10.4. The second-order valence-corrected chi connectivity index (χ2v) is 22.7. The first-order valence-corrected chi connectivity index (χ1v) is 32.8. The van der Waals surface area contributed by atoms with E-state index in [0.717, 1.165) is 32.1 Å². The van der Waals surface area contributed by atoms with Crippen LogP contribution < -0.4 is 5.32 Å². The molecule has 0 aliphatic carbocycles. The van der Waals surface area contributed by atoms with Crippen molar-refractivity contribution in [2.45, 2.75) is 379 Å². The van der Waals surface area contributed by atoms with Gasteiger partial charge in [-0.3, -0.25) is 4.79 Å². The van der Waals surface area contributed by atoms with E-state index in [1.54, 1.807) is 6.08 Å². The smallest absolute Gasteiger partial charge is 0.222 e. The van der Waals surface area contributed by atoms with Gasteiger partial charge in [0.25, 0.3) is 0 Å². The molecule has 0 aromatic carbocycles. The molecule has 0 aromatic heterocycles. The van der Waals surface area contributed by atoms with Gasteiger partial charge in [-0.05, 0) is 57.8 Å². The standard InChI is InChI=1S/C67H129NO4/c1-3-5-7-9-11-13-15-17-19-21-23-25-27-29-30-31-32-33-34-35-36-37-38-40-42-44-46-48-50-52-54-56-58-60-64(70)62-67(72)68-65(63-69)66(71)61-59-57-55-53-51-49-47-45-43-41-39-28-26-24-22-20-18-16-14-12-10-8-6-4-2/h31-32,51,53,59,61,64-66,69-71H,3-30,33-50,52,54-58,60,62-63H2,1-2H3,(H,68,72)/b32-31-,53-51+,61-59+. The van der Waals surface area contributed by atoms with Crippen molar-refractivity contribution in [3.05, 3.63) is 36.5 Å². The lowest BCUT2D eigenvalue weighted by atomic mass is 10.0. The molecule has 0 bridgehead atoms. The number of aliphatic hydroxyl groups is 3. The van der Waals surface area contributed by atoms with Gasteiger partial charge in [0.2, 0.25) is 5.91 Å². The molecule has 0 radical (unpaired) electrons. The molecule has 0 fully saturated rings. The maximum absolute atomic E-state index is 12.6. The van der Waals surface area contributed by atoms with Gasteiger partial charge in [0.15, 0.2) is 0 Å². The number of allylic oxidation sites excluding steroid dienone is 5. The van der Waals surface area contributed by atoms with Crippen molar-refractivity contribution in [1.82, 2.24) is 5.32 Å². The minimum Gasteiger partial charge on any atom is -0.394 e. The Morgan fingerprint density at radius 1 is 0.347 bits per heavy atom. The summed E-state index contributed by atoms with van der Waals surface area (Å²) in [6.45, 7) is 4.25. The van der Waals surface area contributed by atoms with Crippen LogP contribution in [0.2, 0.25) is 0 Å². The topological polar surface area (TPSA) is 89.8 Å². The molecular formula is C67H129NO4. The first-order chi connectivity index (χ1) is 35.5. The molecule has 0 spiro atoms. The lowest BCUT2D eigenvalue weighted by Crippen LogP contribution is -2.45. The van der Waals surface area contributed by atoms with Crippen LogP contribution in [-0.4, -0.2) is 46.1 Å². The molecule has 72 heavy (non-hydrogen) atoms. The summed E-state index contributed by atoms with van der Waals surface area (Å²) in [7, 11) is 0. The highest BCUT2D eigenvalue weighted by atomic mass is 16.3. The zero-order valence-corrected chi connectivity index (χ0v) is 48.8. The third kappa shape index (κ3) is 57.8. The van der Waals surface area contributed by atoms with Crippen LogP contribution in [0, 0.1) is 0 Å². The number of hydrogen-bond donors (Lipinski definition) is 4. The first kappa shape index (κ1) is 70.6. The molecule has 0 rings (SSSR count). The molecule has 3 atom stereocenters. The minimum absolute atomic E-state index is 0.00837. The average Bonchev–Trinajstić information content (AvgIpc) is 3.38. The van der Waals surface area contributed by atoms with Gasteiger partial charge in [0, 0.05) is 0 Å². The summed E-state index contributed by atoms with van der Waals surface area (Å²) in [5.41, 5.74) is 0. The molecule has 0 saturated heterocycles. The van der Waals surface area contributed by atoms with Crippen LogP contribution in [0.4, 0.5) is 0 Å². The Hall–Kier alpha value is -1.43. The number of carbonyl (C=O) groups excluding carboxylic acids is 1. The fourth-order valence-corrected chi connectivity index (χ4v) is 10.4. The van der Waals surface area contributed by atoms with Crippen LogP contribution in [0.3, 0.4) is 0 Å². The monoisotopic (exact) mass is 1010 g/mol. The Bertz CT molecular complexity index is 1120. The number of rotatable bonds is 61. The number of aliphatic hydroxyl groups excluding tert-OH is 3. The van der Waals surface area contributed by atoms with Gasteiger partial charge in [-0.25, -0.2) is 0 Å². The summed E-state index contributed by atoms with van der Waals surface area (Å²) in [6, 6.07) is -0.762. The van der Waals surface area contributed by atoms with Crippen molar-refractivity contribution in [2.24, 2.45) is 0 Å². The largest absolute Gasteiger partial charge is 0.394 e. The van der Waals surface area contributed by atoms with Crippen LogP contribution in [-0.2, 0) is 4.79 Å². The van der Waals surface area contributed by atoms with Gasteiger partial charge in [-0.2, -0.15) is 0 Å². The molecule has 3 unspecified atom stereocenters. The van der Waals surface area contributed by atoms with Crippen LogP contribution in [0.25, 0.3) is 0 Å². The second-order valence-electron chi connectivity index (χ2n) is 22.7. The average molecular weight is 1010 g/mol. The van der Waals surface area contributed by atoms with E-state index < -0.39 is 18.2 Å². The minimum atomic E-state index is -0.953. The SMILES string of the molecule is CCCCCCCCCCCCCCCC/C=C\CCCCCCCCCCCCCCCCCC(O)CC(=O)NC(CO)C(O)/C=C/CC/C=C/CCCCCCCCCCCCCCCCCCCC. The summed E-state index contributed by atoms with van der Waals surface area (Å²) in [5.74, 6) is -0.319. The molecule has 1 amide bonds. The van der Waals surface area contributed by atoms with E-state index in [0.29, 0.717) is 6.42 Å². The Balaban J connectivity index is 3.53. The summed E-state index contributed by atoms with van der Waals surface area (Å²) in [4.78, 5) is 12.6. The van der Waals surface area contributed by atoms with E-state index in [4.69, 9.17) is 0 Å². The summed E-state index contributed by atoms with van der Waals surface area (Å²) in [6.07, 6.45) is 82.4. The highest BCUT2D eigenvalue weighted by molar-refractivity contribution is 5.76. The lowest BCUT2D eigenvalue weighted by molar-refractivity contribution is -0.124. The maximum atomic E-state index is 12.6. The second kappa shape index (κ2) is 62.1. The van der Waals surface area contributed by atoms with Gasteiger partial charge in [-0.1, -0.05) is 333 Å². The third-order valence-corrected chi connectivity index (χ3v) is 15.4. The molecule has 426 valence electrons. The number of amides is 1. The van der Waals surface area contributed by atoms with Gasteiger partial charge in [0.1, 0.15) is 0 Å². The molecule has 4 N–H and O–H groups in total. The molecule has 0 saturated carbocycles. The van der Waals surface area contributed by atoms with Crippen molar-refractivity contribution >= 4 is 5.91 Å². The van der Waals surface area contributed by atoms with E-state index in [2.05, 4.69) is 43.5 Å². The van der Waals surface area contributed by atoms with Crippen LogP contribution in [0.15, 0.2) is 36.5 Å². The summed E-state index contributed by atoms with van der Waals surface area (Å²) < 4.78 is 0. The first-order valence-electron chi connectivity index (χ1n) is 32.8. The van der Waals surface area contributed by atoms with Gasteiger partial charge in [-0.15, -0.1) is 0 Å². The zero-order valence-electron chi connectivity index (χ0n) is 48.8. The van der Waals surface area contributed by atoms with Gasteiger partial charge in [0.05, 0.1) is 31.3 Å². The molecular weight excluding hydrogens is 883 g/mol. The van der Waals surface area contributed by atoms with Crippen LogP contribution in [0.5, 0.6) is 0 Å². The third-order valence-electron chi connectivity index (χ3n) is 15.4. The Kier molecular flexibility index (Phi) is 60.9. The normalized spacial score (nSPS) is 13.3. The summed E-state index contributed by atoms with van der Waals surface area (Å²) in [5, 5.41) is 33.5. The molecule has 5 heteroatoms. The highest BCUT2D eigenvalue weighted by Crippen LogP contribution is 2.18. The molecule has 0 aromatic rings. The van der Waals surface area contributed by atoms with Gasteiger partial charge < -0.3 is 20.6 Å². The van der Waals surface area contributed by atoms with E-state index in [-0.39, 0.29) is 18.9 Å². The maximum Gasteiger partial charge on any atom is 0.222 e. The highest BCUT2D eigenvalue weighted by Gasteiger charge is 2.20. The zero-order chi connectivity index (χ0) is 52.2. The number of nitrogens with one attached hydrogen (secondary N) is 1. The molecule has 0 heterocycles. The van der Waals surface area contributed by atoms with Crippen molar-refractivity contribution in [1.29, 1.82) is 0 Å². The van der Waals surface area contributed by atoms with E-state index in [9.17, 15) is 20.1 Å². The number of carbonyl (C=O) groups is 1. The molecule has 0 aliphatic heterocycles. The van der Waals surface area contributed by atoms with Crippen molar-refractivity contribution in [3.63, 3.8) is 0 Å². The number of unbranched alkanes of at least 4 members (excludes halogenated alkanes) is 48. The van der Waals surface area contributed by atoms with E-state index >= 15 is 0 Å². The predicted octanol–water partition coefficient (Wildman–Crippen LogP) is 21.0. The summed E-state index contributed by atoms with van der Waals surface area (Å²) >= 11 is 0. The Morgan fingerprint density at radius 3 is 0.889 bits per heavy atom. The Labute approximate surface area is 451 Å².